The smallest absolute Gasteiger partial charge is 0.315 e. The first kappa shape index (κ1) is 13.5. The lowest BCUT2D eigenvalue weighted by Crippen LogP contribution is -2.39. The van der Waals surface area contributed by atoms with Crippen molar-refractivity contribution in [1.82, 2.24) is 15.6 Å². The first-order chi connectivity index (χ1) is 8.96. The van der Waals surface area contributed by atoms with Gasteiger partial charge in [0.15, 0.2) is 0 Å². The summed E-state index contributed by atoms with van der Waals surface area (Å²) in [5.41, 5.74) is 2.29. The summed E-state index contributed by atoms with van der Waals surface area (Å²) in [6, 6.07) is 7.94. The zero-order valence-corrected chi connectivity index (χ0v) is 11.7. The van der Waals surface area contributed by atoms with Crippen molar-refractivity contribution in [2.45, 2.75) is 27.3 Å². The van der Waals surface area contributed by atoms with E-state index in [0.717, 1.165) is 16.5 Å². The predicted octanol–water partition coefficient (Wildman–Crippen LogP) is 3.01. The zero-order valence-electron chi connectivity index (χ0n) is 11.7. The minimum Gasteiger partial charge on any atom is -0.361 e. The molecule has 1 aromatic carbocycles. The summed E-state index contributed by atoms with van der Waals surface area (Å²) in [5.74, 6) is 0. The second kappa shape index (κ2) is 5.34. The number of H-pyrrole nitrogens is 1. The highest BCUT2D eigenvalue weighted by molar-refractivity contribution is 5.83. The molecule has 0 unspecified atom stereocenters. The molecule has 0 fully saturated rings. The highest BCUT2D eigenvalue weighted by Gasteiger charge is 2.11. The summed E-state index contributed by atoms with van der Waals surface area (Å²) in [7, 11) is 0. The predicted molar refractivity (Wildman–Crippen MR) is 78.0 cm³/mol. The van der Waals surface area contributed by atoms with E-state index in [1.807, 2.05) is 24.4 Å². The number of aromatic nitrogens is 1. The Kier molecular flexibility index (Phi) is 3.79. The maximum Gasteiger partial charge on any atom is 0.315 e. The van der Waals surface area contributed by atoms with Gasteiger partial charge in [-0.15, -0.1) is 0 Å². The molecule has 0 spiro atoms. The Labute approximate surface area is 113 Å². The topological polar surface area (TPSA) is 56.9 Å². The Balaban J connectivity index is 1.90. The molecule has 19 heavy (non-hydrogen) atoms. The van der Waals surface area contributed by atoms with Gasteiger partial charge in [-0.3, -0.25) is 0 Å². The van der Waals surface area contributed by atoms with E-state index in [4.69, 9.17) is 0 Å². The number of carbonyl (C=O) groups excluding carboxylic acids is 1. The van der Waals surface area contributed by atoms with E-state index >= 15 is 0 Å². The maximum atomic E-state index is 11.7. The fourth-order valence-corrected chi connectivity index (χ4v) is 1.86. The van der Waals surface area contributed by atoms with Crippen molar-refractivity contribution in [3.63, 3.8) is 0 Å². The summed E-state index contributed by atoms with van der Waals surface area (Å²) >= 11 is 0. The van der Waals surface area contributed by atoms with Crippen molar-refractivity contribution in [3.05, 3.63) is 36.0 Å². The monoisotopic (exact) mass is 259 g/mol. The van der Waals surface area contributed by atoms with E-state index in [9.17, 15) is 4.79 Å². The SMILES string of the molecule is CC(C)(C)CNC(=O)NCc1c[nH]c2ccccc12. The Morgan fingerprint density at radius 3 is 2.68 bits per heavy atom. The van der Waals surface area contributed by atoms with Gasteiger partial charge in [-0.05, 0) is 17.0 Å². The number of hydrogen-bond acceptors (Lipinski definition) is 1. The van der Waals surface area contributed by atoms with Gasteiger partial charge < -0.3 is 15.6 Å². The van der Waals surface area contributed by atoms with Crippen molar-refractivity contribution >= 4 is 16.9 Å². The van der Waals surface area contributed by atoms with Crippen LogP contribution in [0.25, 0.3) is 10.9 Å². The van der Waals surface area contributed by atoms with Crippen molar-refractivity contribution in [2.75, 3.05) is 6.54 Å². The Bertz CT molecular complexity index is 566. The van der Waals surface area contributed by atoms with E-state index in [2.05, 4.69) is 42.5 Å². The first-order valence-electron chi connectivity index (χ1n) is 6.52. The standard InChI is InChI=1S/C15H21N3O/c1-15(2,3)10-18-14(19)17-9-11-8-16-13-7-5-4-6-12(11)13/h4-8,16H,9-10H2,1-3H3,(H2,17,18,19). The molecule has 4 heteroatoms. The van der Waals surface area contributed by atoms with Gasteiger partial charge in [-0.2, -0.15) is 0 Å². The lowest BCUT2D eigenvalue weighted by Gasteiger charge is -2.18. The third-order valence-electron chi connectivity index (χ3n) is 2.89. The van der Waals surface area contributed by atoms with Gasteiger partial charge >= 0.3 is 6.03 Å². The molecule has 2 amide bonds. The molecule has 0 saturated heterocycles. The fourth-order valence-electron chi connectivity index (χ4n) is 1.86. The van der Waals surface area contributed by atoms with Crippen LogP contribution in [0.15, 0.2) is 30.5 Å². The van der Waals surface area contributed by atoms with Crippen LogP contribution in [0.4, 0.5) is 4.79 Å². The van der Waals surface area contributed by atoms with E-state index in [1.54, 1.807) is 0 Å². The highest BCUT2D eigenvalue weighted by Crippen LogP contribution is 2.17. The normalized spacial score (nSPS) is 11.5. The minimum atomic E-state index is -0.125. The van der Waals surface area contributed by atoms with Crippen LogP contribution in [0.5, 0.6) is 0 Å². The molecule has 4 nitrogen and oxygen atoms in total. The van der Waals surface area contributed by atoms with Crippen molar-refractivity contribution in [1.29, 1.82) is 0 Å². The van der Waals surface area contributed by atoms with Crippen LogP contribution in [0.1, 0.15) is 26.3 Å². The lowest BCUT2D eigenvalue weighted by molar-refractivity contribution is 0.235. The van der Waals surface area contributed by atoms with Gasteiger partial charge in [0.25, 0.3) is 0 Å². The second-order valence-corrected chi connectivity index (χ2v) is 5.96. The van der Waals surface area contributed by atoms with Gasteiger partial charge in [0.1, 0.15) is 0 Å². The molecule has 0 atom stereocenters. The van der Waals surface area contributed by atoms with Gasteiger partial charge in [-0.1, -0.05) is 39.0 Å². The number of benzene rings is 1. The van der Waals surface area contributed by atoms with Gasteiger partial charge in [0.05, 0.1) is 0 Å². The molecule has 1 heterocycles. The third-order valence-corrected chi connectivity index (χ3v) is 2.89. The number of carbonyl (C=O) groups is 1. The number of amides is 2. The number of rotatable bonds is 3. The average molecular weight is 259 g/mol. The van der Waals surface area contributed by atoms with E-state index in [1.165, 1.54) is 0 Å². The number of nitrogens with one attached hydrogen (secondary N) is 3. The van der Waals surface area contributed by atoms with Gasteiger partial charge in [0.2, 0.25) is 0 Å². The van der Waals surface area contributed by atoms with Crippen LogP contribution in [-0.4, -0.2) is 17.6 Å². The second-order valence-electron chi connectivity index (χ2n) is 5.96. The molecule has 0 aliphatic heterocycles. The van der Waals surface area contributed by atoms with Crippen LogP contribution < -0.4 is 10.6 Å². The van der Waals surface area contributed by atoms with E-state index in [-0.39, 0.29) is 11.4 Å². The molecule has 0 saturated carbocycles. The molecule has 0 aliphatic carbocycles. The summed E-state index contributed by atoms with van der Waals surface area (Å²) in [5, 5.41) is 6.90. The summed E-state index contributed by atoms with van der Waals surface area (Å²) in [6.07, 6.45) is 1.94. The number of urea groups is 1. The Morgan fingerprint density at radius 1 is 1.21 bits per heavy atom. The third kappa shape index (κ3) is 3.74. The molecule has 3 N–H and O–H groups in total. The van der Waals surface area contributed by atoms with Crippen LogP contribution in [-0.2, 0) is 6.54 Å². The van der Waals surface area contributed by atoms with E-state index < -0.39 is 0 Å². The summed E-state index contributed by atoms with van der Waals surface area (Å²) in [6.45, 7) is 7.46. The Hall–Kier alpha value is -1.97. The van der Waals surface area contributed by atoms with Crippen molar-refractivity contribution in [3.8, 4) is 0 Å². The maximum absolute atomic E-state index is 11.7. The van der Waals surface area contributed by atoms with Crippen LogP contribution in [0.2, 0.25) is 0 Å². The molecular formula is C15H21N3O. The number of para-hydroxylation sites is 1. The largest absolute Gasteiger partial charge is 0.361 e. The molecule has 0 radical (unpaired) electrons. The number of hydrogen-bond donors (Lipinski definition) is 3. The summed E-state index contributed by atoms with van der Waals surface area (Å²) in [4.78, 5) is 14.9. The first-order valence-corrected chi connectivity index (χ1v) is 6.52. The van der Waals surface area contributed by atoms with Crippen molar-refractivity contribution in [2.24, 2.45) is 5.41 Å². The molecule has 0 aliphatic rings. The zero-order chi connectivity index (χ0) is 13.9. The van der Waals surface area contributed by atoms with Crippen LogP contribution in [0, 0.1) is 5.41 Å². The van der Waals surface area contributed by atoms with Crippen LogP contribution in [0.3, 0.4) is 0 Å². The molecule has 102 valence electrons. The molecular weight excluding hydrogens is 238 g/mol. The number of fused-ring (bicyclic) bond motifs is 1. The Morgan fingerprint density at radius 2 is 1.95 bits per heavy atom. The lowest BCUT2D eigenvalue weighted by atomic mass is 9.97. The molecule has 1 aromatic heterocycles. The quantitative estimate of drug-likeness (QED) is 0.779. The summed E-state index contributed by atoms with van der Waals surface area (Å²) < 4.78 is 0. The van der Waals surface area contributed by atoms with Crippen molar-refractivity contribution < 1.29 is 4.79 Å². The minimum absolute atomic E-state index is 0.0954. The van der Waals surface area contributed by atoms with Gasteiger partial charge in [0, 0.05) is 30.2 Å². The van der Waals surface area contributed by atoms with Crippen LogP contribution >= 0.6 is 0 Å². The molecule has 2 aromatic rings. The molecule has 0 bridgehead atoms. The molecule has 2 rings (SSSR count). The average Bonchev–Trinajstić information content (AvgIpc) is 2.76. The van der Waals surface area contributed by atoms with E-state index in [0.29, 0.717) is 13.1 Å². The number of aromatic amines is 1. The highest BCUT2D eigenvalue weighted by atomic mass is 16.2. The fraction of sp³-hybridized carbons (Fsp3) is 0.400. The van der Waals surface area contributed by atoms with Gasteiger partial charge in [-0.25, -0.2) is 4.79 Å².